The summed E-state index contributed by atoms with van der Waals surface area (Å²) in [7, 11) is 0. The van der Waals surface area contributed by atoms with Gasteiger partial charge in [-0.05, 0) is 48.7 Å². The molecule has 2 aromatic heterocycles. The topological polar surface area (TPSA) is 115 Å². The number of carbonyl (C=O) groups is 1. The van der Waals surface area contributed by atoms with E-state index in [1.165, 1.54) is 22.9 Å². The molecule has 0 fully saturated rings. The van der Waals surface area contributed by atoms with Crippen molar-refractivity contribution in [2.75, 3.05) is 11.1 Å². The fourth-order valence-corrected chi connectivity index (χ4v) is 4.03. The van der Waals surface area contributed by atoms with Crippen molar-refractivity contribution < 1.29 is 9.18 Å². The van der Waals surface area contributed by atoms with E-state index in [-0.39, 0.29) is 35.3 Å². The van der Waals surface area contributed by atoms with Crippen LogP contribution in [-0.2, 0) is 24.3 Å². The van der Waals surface area contributed by atoms with Gasteiger partial charge in [0.25, 0.3) is 5.56 Å². The maximum absolute atomic E-state index is 13.5. The molecule has 1 aliphatic rings. The number of hydrogen-bond acceptors (Lipinski definition) is 6. The molecule has 0 aliphatic carbocycles. The summed E-state index contributed by atoms with van der Waals surface area (Å²) in [6.45, 7) is 2.29. The average molecular weight is 457 g/mol. The predicted molar refractivity (Wildman–Crippen MR) is 120 cm³/mol. The van der Waals surface area contributed by atoms with Crippen molar-refractivity contribution in [1.29, 1.82) is 0 Å². The van der Waals surface area contributed by atoms with Gasteiger partial charge in [-0.25, -0.2) is 14.4 Å². The molecule has 3 heterocycles. The molecule has 0 saturated heterocycles. The maximum atomic E-state index is 13.5. The number of nitrogens with zero attached hydrogens (tertiary/aromatic N) is 3. The fraction of sp³-hybridized carbons (Fsp3) is 0.273. The van der Waals surface area contributed by atoms with Crippen LogP contribution in [0.15, 0.2) is 41.3 Å². The van der Waals surface area contributed by atoms with Crippen LogP contribution < -0.4 is 21.9 Å². The molecule has 32 heavy (non-hydrogen) atoms. The molecule has 0 bridgehead atoms. The predicted octanol–water partition coefficient (Wildman–Crippen LogP) is 2.74. The zero-order chi connectivity index (χ0) is 22.8. The Kier molecular flexibility index (Phi) is 6.09. The van der Waals surface area contributed by atoms with Gasteiger partial charge in [0.05, 0.1) is 6.20 Å². The summed E-state index contributed by atoms with van der Waals surface area (Å²) in [5.74, 6) is 0.250. The second kappa shape index (κ2) is 8.96. The lowest BCUT2D eigenvalue weighted by Crippen LogP contribution is -2.36. The molecule has 4 N–H and O–H groups in total. The van der Waals surface area contributed by atoms with Gasteiger partial charge in [-0.2, -0.15) is 0 Å². The van der Waals surface area contributed by atoms with Crippen molar-refractivity contribution in [3.8, 4) is 0 Å². The Morgan fingerprint density at radius 1 is 1.31 bits per heavy atom. The lowest BCUT2D eigenvalue weighted by atomic mass is 10.1. The van der Waals surface area contributed by atoms with Crippen molar-refractivity contribution in [1.82, 2.24) is 19.9 Å². The number of aromatic nitrogens is 3. The summed E-state index contributed by atoms with van der Waals surface area (Å²) in [4.78, 5) is 34.4. The molecule has 1 unspecified atom stereocenters. The first kappa shape index (κ1) is 21.8. The SMILES string of the molecule is Cc1nc(N)ccc1CNC(=O)C1CCc2ncc(NCc3cc(F)cc(Cl)c3)c(=O)n21. The van der Waals surface area contributed by atoms with E-state index in [2.05, 4.69) is 20.6 Å². The third-order valence-corrected chi connectivity index (χ3v) is 5.62. The van der Waals surface area contributed by atoms with Gasteiger partial charge in [-0.1, -0.05) is 17.7 Å². The molecule has 166 valence electrons. The number of halogens is 2. The molecule has 8 nitrogen and oxygen atoms in total. The van der Waals surface area contributed by atoms with E-state index in [1.807, 2.05) is 13.0 Å². The third kappa shape index (κ3) is 4.57. The number of nitrogens with one attached hydrogen (secondary N) is 2. The Hall–Kier alpha value is -3.46. The Balaban J connectivity index is 1.49. The molecule has 1 atom stereocenters. The van der Waals surface area contributed by atoms with Gasteiger partial charge in [-0.15, -0.1) is 0 Å². The Labute approximate surface area is 188 Å². The van der Waals surface area contributed by atoms with Gasteiger partial charge in [0, 0.05) is 30.2 Å². The molecule has 0 saturated carbocycles. The van der Waals surface area contributed by atoms with E-state index in [9.17, 15) is 14.0 Å². The van der Waals surface area contributed by atoms with E-state index in [0.29, 0.717) is 30.0 Å². The number of carbonyl (C=O) groups excluding carboxylic acids is 1. The highest BCUT2D eigenvalue weighted by Gasteiger charge is 2.31. The number of fused-ring (bicyclic) bond motifs is 1. The summed E-state index contributed by atoms with van der Waals surface area (Å²) in [5, 5.41) is 6.12. The van der Waals surface area contributed by atoms with Crippen molar-refractivity contribution >= 4 is 29.0 Å². The molecule has 0 spiro atoms. The highest BCUT2D eigenvalue weighted by molar-refractivity contribution is 6.30. The summed E-state index contributed by atoms with van der Waals surface area (Å²) >= 11 is 5.88. The van der Waals surface area contributed by atoms with E-state index in [1.54, 1.807) is 12.1 Å². The van der Waals surface area contributed by atoms with Crippen molar-refractivity contribution in [2.24, 2.45) is 0 Å². The third-order valence-electron chi connectivity index (χ3n) is 5.40. The lowest BCUT2D eigenvalue weighted by Gasteiger charge is -2.16. The molecule has 1 amide bonds. The Morgan fingerprint density at radius 3 is 2.88 bits per heavy atom. The standard InChI is InChI=1S/C22H22ClFN6O2/c1-12-14(2-4-19(25)29-12)10-28-21(31)18-3-5-20-27-11-17(22(32)30(18)20)26-9-13-6-15(23)8-16(24)7-13/h2,4,6-8,11,18,26H,3,5,9-10H2,1H3,(H2,25,29)(H,28,31). The number of nitrogens with two attached hydrogens (primary N) is 1. The van der Waals surface area contributed by atoms with Crippen LogP contribution in [0.25, 0.3) is 0 Å². The molecule has 1 aromatic carbocycles. The van der Waals surface area contributed by atoms with Gasteiger partial charge < -0.3 is 16.4 Å². The van der Waals surface area contributed by atoms with Crippen molar-refractivity contribution in [3.63, 3.8) is 0 Å². The van der Waals surface area contributed by atoms with Crippen LogP contribution >= 0.6 is 11.6 Å². The number of nitrogen functional groups attached to an aromatic ring is 1. The first-order chi connectivity index (χ1) is 15.3. The second-order valence-corrected chi connectivity index (χ2v) is 8.08. The van der Waals surface area contributed by atoms with E-state index in [0.717, 1.165) is 11.3 Å². The minimum absolute atomic E-state index is 0.189. The molecule has 4 rings (SSSR count). The summed E-state index contributed by atoms with van der Waals surface area (Å²) < 4.78 is 15.0. The van der Waals surface area contributed by atoms with Crippen LogP contribution in [0.2, 0.25) is 5.02 Å². The zero-order valence-electron chi connectivity index (χ0n) is 17.4. The smallest absolute Gasteiger partial charge is 0.277 e. The highest BCUT2D eigenvalue weighted by Crippen LogP contribution is 2.24. The lowest BCUT2D eigenvalue weighted by molar-refractivity contribution is -0.124. The van der Waals surface area contributed by atoms with E-state index in [4.69, 9.17) is 17.3 Å². The number of hydrogen-bond donors (Lipinski definition) is 3. The molecule has 3 aromatic rings. The summed E-state index contributed by atoms with van der Waals surface area (Å²) in [6, 6.07) is 6.99. The normalized spacial score (nSPS) is 14.8. The van der Waals surface area contributed by atoms with Crippen LogP contribution in [0.5, 0.6) is 0 Å². The first-order valence-electron chi connectivity index (χ1n) is 10.1. The van der Waals surface area contributed by atoms with Crippen LogP contribution in [-0.4, -0.2) is 20.4 Å². The van der Waals surface area contributed by atoms with Gasteiger partial charge in [0.1, 0.15) is 29.2 Å². The second-order valence-electron chi connectivity index (χ2n) is 7.65. The van der Waals surface area contributed by atoms with Gasteiger partial charge in [0.2, 0.25) is 5.91 Å². The van der Waals surface area contributed by atoms with E-state index < -0.39 is 11.9 Å². The summed E-state index contributed by atoms with van der Waals surface area (Å²) in [6.07, 6.45) is 2.45. The van der Waals surface area contributed by atoms with Crippen LogP contribution in [0.3, 0.4) is 0 Å². The van der Waals surface area contributed by atoms with Crippen LogP contribution in [0.1, 0.15) is 35.1 Å². The molecule has 0 radical (unpaired) electrons. The number of aryl methyl sites for hydroxylation is 2. The monoisotopic (exact) mass is 456 g/mol. The Bertz CT molecular complexity index is 1230. The quantitative estimate of drug-likeness (QED) is 0.525. The van der Waals surface area contributed by atoms with Gasteiger partial charge in [-0.3, -0.25) is 14.2 Å². The number of pyridine rings is 1. The fourth-order valence-electron chi connectivity index (χ4n) is 3.78. The average Bonchev–Trinajstić information content (AvgIpc) is 3.17. The highest BCUT2D eigenvalue weighted by atomic mass is 35.5. The molecular weight excluding hydrogens is 435 g/mol. The number of amides is 1. The van der Waals surface area contributed by atoms with Gasteiger partial charge >= 0.3 is 0 Å². The Morgan fingerprint density at radius 2 is 2.12 bits per heavy atom. The molecule has 1 aliphatic heterocycles. The number of benzene rings is 1. The number of anilines is 2. The van der Waals surface area contributed by atoms with E-state index >= 15 is 0 Å². The van der Waals surface area contributed by atoms with Gasteiger partial charge in [0.15, 0.2) is 0 Å². The van der Waals surface area contributed by atoms with Crippen LogP contribution in [0, 0.1) is 12.7 Å². The zero-order valence-corrected chi connectivity index (χ0v) is 18.1. The van der Waals surface area contributed by atoms with Crippen molar-refractivity contribution in [2.45, 2.75) is 38.9 Å². The first-order valence-corrected chi connectivity index (χ1v) is 10.5. The van der Waals surface area contributed by atoms with Crippen molar-refractivity contribution in [3.05, 3.63) is 80.4 Å². The van der Waals surface area contributed by atoms with Crippen LogP contribution in [0.4, 0.5) is 15.9 Å². The largest absolute Gasteiger partial charge is 0.384 e. The maximum Gasteiger partial charge on any atom is 0.277 e. The summed E-state index contributed by atoms with van der Waals surface area (Å²) in [5.41, 5.74) is 7.72. The number of rotatable bonds is 6. The molecular formula is C22H22ClFN6O2. The molecule has 10 heteroatoms. The minimum Gasteiger partial charge on any atom is -0.384 e. The minimum atomic E-state index is -0.655.